The molecule has 1 rings (SSSR count). The molecule has 0 unspecified atom stereocenters. The third-order valence-corrected chi connectivity index (χ3v) is 1.93. The summed E-state index contributed by atoms with van der Waals surface area (Å²) in [4.78, 5) is 4.31. The number of aryl methyl sites for hydroxylation is 1. The van der Waals surface area contributed by atoms with Crippen LogP contribution in [0, 0.1) is 6.92 Å². The fourth-order valence-electron chi connectivity index (χ4n) is 0.991. The van der Waals surface area contributed by atoms with Crippen LogP contribution in [0.2, 0.25) is 0 Å². The number of nitrogens with two attached hydrogens (primary N) is 1. The van der Waals surface area contributed by atoms with Crippen molar-refractivity contribution in [1.82, 2.24) is 4.98 Å². The molecule has 1 aromatic rings. The highest BCUT2D eigenvalue weighted by Gasteiger charge is 1.95. The third-order valence-electron chi connectivity index (χ3n) is 1.67. The van der Waals surface area contributed by atoms with Crippen LogP contribution in [-0.4, -0.2) is 10.7 Å². The maximum absolute atomic E-state index is 5.74. The molecule has 0 saturated carbocycles. The SMILES string of the molecule is Cc1ccc(N)c(C=CCCS)n1. The molecule has 0 aliphatic heterocycles. The molecule has 0 atom stereocenters. The van der Waals surface area contributed by atoms with Crippen molar-refractivity contribution in [3.8, 4) is 0 Å². The van der Waals surface area contributed by atoms with Gasteiger partial charge in [0.15, 0.2) is 0 Å². The molecule has 70 valence electrons. The predicted octanol–water partition coefficient (Wildman–Crippen LogP) is 2.31. The molecule has 0 fully saturated rings. The molecular formula is C10H14N2S. The molecule has 0 aliphatic rings. The predicted molar refractivity (Wildman–Crippen MR) is 60.9 cm³/mol. The molecule has 0 amide bonds. The fraction of sp³-hybridized carbons (Fsp3) is 0.300. The first-order chi connectivity index (χ1) is 6.24. The van der Waals surface area contributed by atoms with Gasteiger partial charge in [0.2, 0.25) is 0 Å². The number of hydrogen-bond acceptors (Lipinski definition) is 3. The minimum Gasteiger partial charge on any atom is -0.397 e. The highest BCUT2D eigenvalue weighted by Crippen LogP contribution is 2.11. The molecule has 0 saturated heterocycles. The Bertz CT molecular complexity index is 308. The first kappa shape index (κ1) is 10.1. The van der Waals surface area contributed by atoms with Gasteiger partial charge in [-0.05, 0) is 37.3 Å². The molecule has 2 N–H and O–H groups in total. The maximum atomic E-state index is 5.74. The first-order valence-corrected chi connectivity index (χ1v) is 4.88. The highest BCUT2D eigenvalue weighted by atomic mass is 32.1. The zero-order valence-corrected chi connectivity index (χ0v) is 8.59. The Kier molecular flexibility index (Phi) is 3.83. The van der Waals surface area contributed by atoms with E-state index < -0.39 is 0 Å². The summed E-state index contributed by atoms with van der Waals surface area (Å²) in [5.74, 6) is 0.849. The molecular weight excluding hydrogens is 180 g/mol. The van der Waals surface area contributed by atoms with Crippen LogP contribution in [0.15, 0.2) is 18.2 Å². The lowest BCUT2D eigenvalue weighted by Crippen LogP contribution is -1.93. The van der Waals surface area contributed by atoms with Gasteiger partial charge in [-0.25, -0.2) is 0 Å². The minimum absolute atomic E-state index is 0.723. The van der Waals surface area contributed by atoms with Crippen molar-refractivity contribution in [3.63, 3.8) is 0 Å². The van der Waals surface area contributed by atoms with E-state index in [1.165, 1.54) is 0 Å². The zero-order valence-electron chi connectivity index (χ0n) is 7.70. The third kappa shape index (κ3) is 3.11. The Hall–Kier alpha value is -0.960. The summed E-state index contributed by atoms with van der Waals surface area (Å²) in [5, 5.41) is 0. The number of aromatic nitrogens is 1. The Morgan fingerprint density at radius 2 is 2.31 bits per heavy atom. The minimum atomic E-state index is 0.723. The van der Waals surface area contributed by atoms with E-state index in [0.717, 1.165) is 29.2 Å². The van der Waals surface area contributed by atoms with Crippen molar-refractivity contribution in [3.05, 3.63) is 29.6 Å². The van der Waals surface area contributed by atoms with Crippen LogP contribution in [0.5, 0.6) is 0 Å². The summed E-state index contributed by atoms with van der Waals surface area (Å²) in [7, 11) is 0. The van der Waals surface area contributed by atoms with Crippen LogP contribution >= 0.6 is 12.6 Å². The Labute approximate surface area is 84.3 Å². The highest BCUT2D eigenvalue weighted by molar-refractivity contribution is 7.80. The smallest absolute Gasteiger partial charge is 0.0858 e. The second kappa shape index (κ2) is 4.92. The Morgan fingerprint density at radius 1 is 1.54 bits per heavy atom. The number of allylic oxidation sites excluding steroid dienone is 1. The number of rotatable bonds is 3. The molecule has 0 radical (unpaired) electrons. The Morgan fingerprint density at radius 3 is 3.00 bits per heavy atom. The van der Waals surface area contributed by atoms with Gasteiger partial charge < -0.3 is 5.73 Å². The van der Waals surface area contributed by atoms with E-state index in [-0.39, 0.29) is 0 Å². The summed E-state index contributed by atoms with van der Waals surface area (Å²) < 4.78 is 0. The Balaban J connectivity index is 2.81. The van der Waals surface area contributed by atoms with Gasteiger partial charge in [0.05, 0.1) is 11.4 Å². The number of nitrogens with zero attached hydrogens (tertiary/aromatic N) is 1. The van der Waals surface area contributed by atoms with Gasteiger partial charge in [0.1, 0.15) is 0 Å². The van der Waals surface area contributed by atoms with Crippen molar-refractivity contribution in [1.29, 1.82) is 0 Å². The van der Waals surface area contributed by atoms with Gasteiger partial charge in [0.25, 0.3) is 0 Å². The lowest BCUT2D eigenvalue weighted by molar-refractivity contribution is 1.18. The zero-order chi connectivity index (χ0) is 9.68. The molecule has 3 heteroatoms. The van der Waals surface area contributed by atoms with Crippen molar-refractivity contribution < 1.29 is 0 Å². The quantitative estimate of drug-likeness (QED) is 0.725. The van der Waals surface area contributed by atoms with E-state index in [1.807, 2.05) is 31.2 Å². The number of pyridine rings is 1. The van der Waals surface area contributed by atoms with Crippen LogP contribution in [0.4, 0.5) is 5.69 Å². The molecule has 0 bridgehead atoms. The number of thiol groups is 1. The molecule has 0 aromatic carbocycles. The lowest BCUT2D eigenvalue weighted by Gasteiger charge is -1.99. The van der Waals surface area contributed by atoms with Crippen molar-refractivity contribution in [2.24, 2.45) is 0 Å². The van der Waals surface area contributed by atoms with E-state index >= 15 is 0 Å². The van der Waals surface area contributed by atoms with Crippen molar-refractivity contribution in [2.45, 2.75) is 13.3 Å². The largest absolute Gasteiger partial charge is 0.397 e. The molecule has 1 heterocycles. The normalized spacial score (nSPS) is 10.9. The summed E-state index contributed by atoms with van der Waals surface area (Å²) in [5.41, 5.74) is 8.30. The average Bonchev–Trinajstić information content (AvgIpc) is 2.11. The molecule has 2 nitrogen and oxygen atoms in total. The van der Waals surface area contributed by atoms with Gasteiger partial charge in [-0.1, -0.05) is 6.08 Å². The summed E-state index contributed by atoms with van der Waals surface area (Å²) in [6.07, 6.45) is 4.92. The van der Waals surface area contributed by atoms with Crippen LogP contribution < -0.4 is 5.73 Å². The van der Waals surface area contributed by atoms with Crippen LogP contribution in [-0.2, 0) is 0 Å². The van der Waals surface area contributed by atoms with Crippen LogP contribution in [0.3, 0.4) is 0 Å². The lowest BCUT2D eigenvalue weighted by atomic mass is 10.2. The molecule has 1 aromatic heterocycles. The summed E-state index contributed by atoms with van der Waals surface area (Å²) in [6, 6.07) is 3.79. The molecule has 13 heavy (non-hydrogen) atoms. The van der Waals surface area contributed by atoms with Gasteiger partial charge in [-0.3, -0.25) is 4.98 Å². The fourth-order valence-corrected chi connectivity index (χ4v) is 1.14. The van der Waals surface area contributed by atoms with Crippen molar-refractivity contribution in [2.75, 3.05) is 11.5 Å². The van der Waals surface area contributed by atoms with Gasteiger partial charge >= 0.3 is 0 Å². The van der Waals surface area contributed by atoms with E-state index in [4.69, 9.17) is 5.73 Å². The van der Waals surface area contributed by atoms with Gasteiger partial charge in [-0.15, -0.1) is 0 Å². The summed E-state index contributed by atoms with van der Waals surface area (Å²) >= 11 is 4.11. The van der Waals surface area contributed by atoms with Crippen molar-refractivity contribution >= 4 is 24.4 Å². The standard InChI is InChI=1S/C10H14N2S/c1-8-5-6-9(11)10(12-8)4-2-3-7-13/h2,4-6,13H,3,7,11H2,1H3. The van der Waals surface area contributed by atoms with E-state index in [2.05, 4.69) is 17.6 Å². The van der Waals surface area contributed by atoms with E-state index in [9.17, 15) is 0 Å². The number of nitrogen functional groups attached to an aromatic ring is 1. The molecule has 0 aliphatic carbocycles. The monoisotopic (exact) mass is 194 g/mol. The average molecular weight is 194 g/mol. The topological polar surface area (TPSA) is 38.9 Å². The second-order valence-electron chi connectivity index (χ2n) is 2.84. The molecule has 0 spiro atoms. The second-order valence-corrected chi connectivity index (χ2v) is 3.29. The van der Waals surface area contributed by atoms with E-state index in [1.54, 1.807) is 0 Å². The first-order valence-electron chi connectivity index (χ1n) is 4.24. The summed E-state index contributed by atoms with van der Waals surface area (Å²) in [6.45, 7) is 1.95. The van der Waals surface area contributed by atoms with Gasteiger partial charge in [0, 0.05) is 5.69 Å². The maximum Gasteiger partial charge on any atom is 0.0858 e. The van der Waals surface area contributed by atoms with Crippen LogP contribution in [0.1, 0.15) is 17.8 Å². The van der Waals surface area contributed by atoms with Gasteiger partial charge in [-0.2, -0.15) is 12.6 Å². The number of anilines is 1. The van der Waals surface area contributed by atoms with Crippen LogP contribution in [0.25, 0.3) is 6.08 Å². The number of hydrogen-bond donors (Lipinski definition) is 2. The van der Waals surface area contributed by atoms with E-state index in [0.29, 0.717) is 0 Å².